The Balaban J connectivity index is 1.89. The van der Waals surface area contributed by atoms with Gasteiger partial charge in [-0.05, 0) is 30.3 Å². The largest absolute Gasteiger partial charge is 0.427 e. The zero-order valence-electron chi connectivity index (χ0n) is 14.0. The molecule has 3 rings (SSSR count). The van der Waals surface area contributed by atoms with Crippen LogP contribution in [0.4, 0.5) is 10.3 Å². The predicted molar refractivity (Wildman–Crippen MR) is 94.1 cm³/mol. The molecule has 0 atom stereocenters. The molecule has 7 heteroatoms. The Morgan fingerprint density at radius 2 is 1.92 bits per heavy atom. The highest BCUT2D eigenvalue weighted by Crippen LogP contribution is 2.21. The number of hydrogen-bond acceptors (Lipinski definition) is 4. The van der Waals surface area contributed by atoms with E-state index in [0.717, 1.165) is 0 Å². The van der Waals surface area contributed by atoms with Crippen molar-refractivity contribution in [2.45, 2.75) is 13.6 Å². The van der Waals surface area contributed by atoms with Crippen LogP contribution >= 0.6 is 0 Å². The van der Waals surface area contributed by atoms with E-state index < -0.39 is 18.6 Å². The number of para-hydroxylation sites is 1. The van der Waals surface area contributed by atoms with Crippen LogP contribution in [-0.4, -0.2) is 21.4 Å². The van der Waals surface area contributed by atoms with Crippen LogP contribution in [0.1, 0.15) is 23.0 Å². The summed E-state index contributed by atoms with van der Waals surface area (Å²) < 4.78 is 19.8. The predicted octanol–water partition coefficient (Wildman–Crippen LogP) is 3.52. The van der Waals surface area contributed by atoms with Crippen LogP contribution in [0.15, 0.2) is 60.8 Å². The van der Waals surface area contributed by atoms with Crippen molar-refractivity contribution >= 4 is 17.8 Å². The average molecular weight is 353 g/mol. The van der Waals surface area contributed by atoms with E-state index in [9.17, 15) is 14.0 Å². The monoisotopic (exact) mass is 353 g/mol. The molecule has 1 aromatic heterocycles. The van der Waals surface area contributed by atoms with E-state index in [-0.39, 0.29) is 17.3 Å². The molecule has 0 spiro atoms. The zero-order chi connectivity index (χ0) is 18.5. The normalized spacial score (nSPS) is 10.4. The Morgan fingerprint density at radius 1 is 1.15 bits per heavy atom. The Hall–Kier alpha value is -3.48. The van der Waals surface area contributed by atoms with E-state index in [1.165, 1.54) is 23.8 Å². The number of aromatic nitrogens is 2. The first-order valence-electron chi connectivity index (χ1n) is 7.86. The van der Waals surface area contributed by atoms with E-state index >= 15 is 0 Å². The maximum absolute atomic E-state index is 13.3. The number of alkyl halides is 1. The zero-order valence-corrected chi connectivity index (χ0v) is 14.0. The van der Waals surface area contributed by atoms with E-state index in [1.54, 1.807) is 30.3 Å². The van der Waals surface area contributed by atoms with Gasteiger partial charge in [-0.1, -0.05) is 24.3 Å². The summed E-state index contributed by atoms with van der Waals surface area (Å²) in [5, 5.41) is 2.67. The number of hydrogen-bond donors (Lipinski definition) is 1. The molecule has 0 aliphatic heterocycles. The van der Waals surface area contributed by atoms with Crippen LogP contribution in [0.25, 0.3) is 5.69 Å². The number of imidazole rings is 1. The summed E-state index contributed by atoms with van der Waals surface area (Å²) in [5.74, 6) is -0.463. The van der Waals surface area contributed by atoms with Crippen LogP contribution in [0.3, 0.4) is 0 Å². The summed E-state index contributed by atoms with van der Waals surface area (Å²) in [6.07, 6.45) is 1.37. The molecule has 0 fully saturated rings. The van der Waals surface area contributed by atoms with E-state index in [0.29, 0.717) is 11.4 Å². The summed E-state index contributed by atoms with van der Waals surface area (Å²) in [7, 11) is 0. The maximum Gasteiger partial charge on any atom is 0.308 e. The van der Waals surface area contributed by atoms with Gasteiger partial charge in [-0.2, -0.15) is 0 Å². The summed E-state index contributed by atoms with van der Waals surface area (Å²) in [4.78, 5) is 27.7. The maximum atomic E-state index is 13.3. The number of ether oxygens (including phenoxy) is 1. The van der Waals surface area contributed by atoms with Crippen molar-refractivity contribution in [2.24, 2.45) is 0 Å². The van der Waals surface area contributed by atoms with E-state index in [4.69, 9.17) is 4.74 Å². The van der Waals surface area contributed by atoms with Gasteiger partial charge in [0.25, 0.3) is 5.91 Å². The van der Waals surface area contributed by atoms with Crippen LogP contribution < -0.4 is 10.1 Å². The van der Waals surface area contributed by atoms with Gasteiger partial charge in [0.15, 0.2) is 0 Å². The summed E-state index contributed by atoms with van der Waals surface area (Å²) in [6, 6.07) is 15.2. The third-order valence-corrected chi connectivity index (χ3v) is 3.57. The lowest BCUT2D eigenvalue weighted by molar-refractivity contribution is -0.131. The highest BCUT2D eigenvalue weighted by atomic mass is 19.1. The van der Waals surface area contributed by atoms with Gasteiger partial charge in [0, 0.05) is 18.2 Å². The molecule has 1 amide bonds. The molecule has 0 aliphatic carbocycles. The smallest absolute Gasteiger partial charge is 0.308 e. The molecule has 6 nitrogen and oxygen atoms in total. The van der Waals surface area contributed by atoms with Gasteiger partial charge in [0.05, 0.1) is 11.9 Å². The number of esters is 1. The van der Waals surface area contributed by atoms with Crippen LogP contribution in [0.5, 0.6) is 5.75 Å². The highest BCUT2D eigenvalue weighted by molar-refractivity contribution is 6.03. The first-order valence-corrected chi connectivity index (χ1v) is 7.86. The number of anilines is 1. The van der Waals surface area contributed by atoms with Gasteiger partial charge in [-0.3, -0.25) is 19.5 Å². The minimum absolute atomic E-state index is 0.201. The third kappa shape index (κ3) is 3.77. The van der Waals surface area contributed by atoms with Crippen molar-refractivity contribution in [3.05, 3.63) is 72.1 Å². The lowest BCUT2D eigenvalue weighted by atomic mass is 10.2. The number of amides is 1. The van der Waals surface area contributed by atoms with Crippen molar-refractivity contribution in [1.82, 2.24) is 9.55 Å². The fourth-order valence-corrected chi connectivity index (χ4v) is 2.48. The minimum Gasteiger partial charge on any atom is -0.427 e. The number of nitrogens with one attached hydrogen (secondary N) is 1. The van der Waals surface area contributed by atoms with Crippen LogP contribution in [-0.2, 0) is 11.5 Å². The molecule has 0 aliphatic rings. The molecular formula is C19H16FN3O3. The minimum atomic E-state index is -0.723. The van der Waals surface area contributed by atoms with Crippen molar-refractivity contribution in [1.29, 1.82) is 0 Å². The highest BCUT2D eigenvalue weighted by Gasteiger charge is 2.15. The van der Waals surface area contributed by atoms with Gasteiger partial charge in [0.2, 0.25) is 5.95 Å². The fraction of sp³-hybridized carbons (Fsp3) is 0.105. The molecule has 132 valence electrons. The topological polar surface area (TPSA) is 73.2 Å². The standard InChI is InChI=1S/C19H16FN3O3/c1-13(24)26-17-9-5-6-14(10-17)18(25)22-19-21-12-16(11-20)23(19)15-7-3-2-4-8-15/h2-10,12H,11H2,1H3,(H,21,22,25). The lowest BCUT2D eigenvalue weighted by Crippen LogP contribution is -2.16. The first kappa shape index (κ1) is 17.3. The molecule has 3 aromatic rings. The molecular weight excluding hydrogens is 337 g/mol. The van der Waals surface area contributed by atoms with Gasteiger partial charge in [-0.15, -0.1) is 0 Å². The molecule has 0 unspecified atom stereocenters. The molecule has 0 saturated heterocycles. The van der Waals surface area contributed by atoms with Gasteiger partial charge >= 0.3 is 5.97 Å². The van der Waals surface area contributed by atoms with Gasteiger partial charge < -0.3 is 4.74 Å². The number of rotatable bonds is 5. The summed E-state index contributed by atoms with van der Waals surface area (Å²) >= 11 is 0. The molecule has 2 aromatic carbocycles. The second kappa shape index (κ2) is 7.60. The summed E-state index contributed by atoms with van der Waals surface area (Å²) in [6.45, 7) is 0.557. The van der Waals surface area contributed by atoms with E-state index in [2.05, 4.69) is 10.3 Å². The first-order chi connectivity index (χ1) is 12.6. The summed E-state index contributed by atoms with van der Waals surface area (Å²) in [5.41, 5.74) is 1.29. The average Bonchev–Trinajstić information content (AvgIpc) is 3.04. The fourth-order valence-electron chi connectivity index (χ4n) is 2.48. The lowest BCUT2D eigenvalue weighted by Gasteiger charge is -2.11. The number of halogens is 1. The van der Waals surface area contributed by atoms with Gasteiger partial charge in [-0.25, -0.2) is 9.37 Å². The van der Waals surface area contributed by atoms with Crippen LogP contribution in [0, 0.1) is 0 Å². The van der Waals surface area contributed by atoms with Crippen molar-refractivity contribution < 1.29 is 18.7 Å². The quantitative estimate of drug-likeness (QED) is 0.563. The Kier molecular flexibility index (Phi) is 5.07. The molecule has 26 heavy (non-hydrogen) atoms. The van der Waals surface area contributed by atoms with Crippen LogP contribution in [0.2, 0.25) is 0 Å². The molecule has 0 radical (unpaired) electrons. The number of carbonyl (C=O) groups excluding carboxylic acids is 2. The Labute approximate surface area is 149 Å². The number of carbonyl (C=O) groups is 2. The Morgan fingerprint density at radius 3 is 2.62 bits per heavy atom. The Bertz CT molecular complexity index is 938. The second-order valence-electron chi connectivity index (χ2n) is 5.45. The second-order valence-corrected chi connectivity index (χ2v) is 5.45. The molecule has 0 bridgehead atoms. The number of benzene rings is 2. The molecule has 0 saturated carbocycles. The third-order valence-electron chi connectivity index (χ3n) is 3.57. The number of nitrogens with zero attached hydrogens (tertiary/aromatic N) is 2. The molecule has 1 heterocycles. The van der Waals surface area contributed by atoms with Gasteiger partial charge in [0.1, 0.15) is 12.4 Å². The SMILES string of the molecule is CC(=O)Oc1cccc(C(=O)Nc2ncc(CF)n2-c2ccccc2)c1. The molecule has 1 N–H and O–H groups in total. The van der Waals surface area contributed by atoms with Crippen molar-refractivity contribution in [2.75, 3.05) is 5.32 Å². The van der Waals surface area contributed by atoms with Crippen molar-refractivity contribution in [3.63, 3.8) is 0 Å². The van der Waals surface area contributed by atoms with Crippen molar-refractivity contribution in [3.8, 4) is 11.4 Å². The van der Waals surface area contributed by atoms with E-state index in [1.807, 2.05) is 18.2 Å².